The summed E-state index contributed by atoms with van der Waals surface area (Å²) >= 11 is 0. The Balaban J connectivity index is 2.37. The highest BCUT2D eigenvalue weighted by molar-refractivity contribution is 5.13. The zero-order valence-electron chi connectivity index (χ0n) is 11.3. The van der Waals surface area contributed by atoms with Gasteiger partial charge in [0.2, 0.25) is 0 Å². The molecule has 0 unspecified atom stereocenters. The molecule has 19 heavy (non-hydrogen) atoms. The van der Waals surface area contributed by atoms with E-state index in [0.717, 1.165) is 6.54 Å². The molecule has 0 fully saturated rings. The normalized spacial score (nSPS) is 11.2. The topological polar surface area (TPSA) is 85.6 Å². The molecule has 0 aromatic carbocycles. The molecule has 2 aromatic heterocycles. The Bertz CT molecular complexity index is 680. The predicted molar refractivity (Wildman–Crippen MR) is 70.2 cm³/mol. The summed E-state index contributed by atoms with van der Waals surface area (Å²) in [5.74, 6) is 0. The molecule has 0 saturated heterocycles. The average molecular weight is 263 g/mol. The van der Waals surface area contributed by atoms with Crippen LogP contribution in [0.5, 0.6) is 0 Å². The summed E-state index contributed by atoms with van der Waals surface area (Å²) in [6.07, 6.45) is 3.75. The minimum Gasteiger partial charge on any atom is -0.298 e. The number of hydrogen-bond acceptors (Lipinski definition) is 4. The number of aryl methyl sites for hydroxylation is 1. The number of hydrogen-bond donors (Lipinski definition) is 1. The van der Waals surface area contributed by atoms with E-state index in [1.54, 1.807) is 17.1 Å². The molecule has 0 aliphatic carbocycles. The quantitative estimate of drug-likeness (QED) is 0.860. The monoisotopic (exact) mass is 263 g/mol. The highest BCUT2D eigenvalue weighted by Gasteiger charge is 2.09. The first-order valence-corrected chi connectivity index (χ1v) is 6.24. The van der Waals surface area contributed by atoms with Crippen LogP contribution in [0, 0.1) is 0 Å². The van der Waals surface area contributed by atoms with Crippen molar-refractivity contribution >= 4 is 0 Å². The minimum atomic E-state index is -0.388. The molecule has 2 rings (SSSR count). The van der Waals surface area contributed by atoms with E-state index >= 15 is 0 Å². The molecule has 0 saturated carbocycles. The van der Waals surface area contributed by atoms with Gasteiger partial charge in [-0.05, 0) is 20.8 Å². The van der Waals surface area contributed by atoms with Crippen LogP contribution in [0.3, 0.4) is 0 Å². The van der Waals surface area contributed by atoms with E-state index < -0.39 is 0 Å². The first kappa shape index (κ1) is 13.3. The lowest BCUT2D eigenvalue weighted by atomic mass is 10.2. The summed E-state index contributed by atoms with van der Waals surface area (Å²) in [6, 6.07) is -0.00516. The number of nitrogens with zero attached hydrogens (tertiary/aromatic N) is 4. The standard InChI is InChI=1S/C12H17N5O2/c1-4-16-7-10(14-15-16)5-9-6-17(8(2)3)12(19)13-11(9)18/h6-8H,4-5H2,1-3H3,(H,13,18,19). The van der Waals surface area contributed by atoms with Gasteiger partial charge in [0, 0.05) is 37.0 Å². The summed E-state index contributed by atoms with van der Waals surface area (Å²) in [5, 5.41) is 7.91. The van der Waals surface area contributed by atoms with Gasteiger partial charge in [0.25, 0.3) is 5.56 Å². The highest BCUT2D eigenvalue weighted by atomic mass is 16.2. The van der Waals surface area contributed by atoms with Crippen molar-refractivity contribution in [2.45, 2.75) is 39.8 Å². The Labute approximate surface area is 109 Å². The van der Waals surface area contributed by atoms with Crippen molar-refractivity contribution < 1.29 is 0 Å². The summed E-state index contributed by atoms with van der Waals surface area (Å²) in [4.78, 5) is 25.7. The lowest BCUT2D eigenvalue weighted by Crippen LogP contribution is -2.32. The van der Waals surface area contributed by atoms with Crippen LogP contribution in [0.4, 0.5) is 0 Å². The van der Waals surface area contributed by atoms with Crippen molar-refractivity contribution in [2.24, 2.45) is 0 Å². The molecule has 1 N–H and O–H groups in total. The number of rotatable bonds is 4. The van der Waals surface area contributed by atoms with E-state index in [2.05, 4.69) is 15.3 Å². The zero-order chi connectivity index (χ0) is 14.0. The van der Waals surface area contributed by atoms with Crippen molar-refractivity contribution in [2.75, 3.05) is 0 Å². The van der Waals surface area contributed by atoms with E-state index in [1.165, 1.54) is 4.57 Å². The van der Waals surface area contributed by atoms with Crippen LogP contribution in [0.1, 0.15) is 38.1 Å². The molecular weight excluding hydrogens is 246 g/mol. The Morgan fingerprint density at radius 1 is 1.32 bits per heavy atom. The third-order valence-electron chi connectivity index (χ3n) is 2.88. The smallest absolute Gasteiger partial charge is 0.298 e. The third kappa shape index (κ3) is 2.81. The molecule has 7 heteroatoms. The Kier molecular flexibility index (Phi) is 3.64. The van der Waals surface area contributed by atoms with Gasteiger partial charge in [-0.25, -0.2) is 4.79 Å². The molecule has 2 heterocycles. The number of aromatic amines is 1. The summed E-state index contributed by atoms with van der Waals surface area (Å²) in [5.41, 5.74) is 0.465. The van der Waals surface area contributed by atoms with Crippen LogP contribution in [0.2, 0.25) is 0 Å². The van der Waals surface area contributed by atoms with Gasteiger partial charge in [-0.1, -0.05) is 5.21 Å². The van der Waals surface area contributed by atoms with Crippen molar-refractivity contribution in [1.29, 1.82) is 0 Å². The number of H-pyrrole nitrogens is 1. The van der Waals surface area contributed by atoms with Gasteiger partial charge in [-0.15, -0.1) is 5.10 Å². The van der Waals surface area contributed by atoms with Gasteiger partial charge in [-0.3, -0.25) is 19.0 Å². The first-order valence-electron chi connectivity index (χ1n) is 6.24. The second kappa shape index (κ2) is 5.21. The fourth-order valence-electron chi connectivity index (χ4n) is 1.81. The maximum atomic E-state index is 11.8. The summed E-state index contributed by atoms with van der Waals surface area (Å²) in [6.45, 7) is 6.47. The Morgan fingerprint density at radius 3 is 2.63 bits per heavy atom. The van der Waals surface area contributed by atoms with Crippen LogP contribution in [0.15, 0.2) is 22.0 Å². The van der Waals surface area contributed by atoms with E-state index in [1.807, 2.05) is 20.8 Å². The maximum absolute atomic E-state index is 11.8. The van der Waals surface area contributed by atoms with Crippen molar-refractivity contribution in [3.8, 4) is 0 Å². The fraction of sp³-hybridized carbons (Fsp3) is 0.500. The van der Waals surface area contributed by atoms with Gasteiger partial charge in [0.05, 0.1) is 5.69 Å². The average Bonchev–Trinajstić information content (AvgIpc) is 2.80. The molecule has 2 aromatic rings. The van der Waals surface area contributed by atoms with Crippen molar-refractivity contribution in [1.82, 2.24) is 24.5 Å². The van der Waals surface area contributed by atoms with Gasteiger partial charge >= 0.3 is 5.69 Å². The first-order chi connectivity index (χ1) is 9.01. The van der Waals surface area contributed by atoms with Crippen LogP contribution in [0.25, 0.3) is 0 Å². The second-order valence-corrected chi connectivity index (χ2v) is 4.66. The van der Waals surface area contributed by atoms with Gasteiger partial charge < -0.3 is 0 Å². The lowest BCUT2D eigenvalue weighted by Gasteiger charge is -2.09. The highest BCUT2D eigenvalue weighted by Crippen LogP contribution is 2.04. The molecule has 0 aliphatic rings. The van der Waals surface area contributed by atoms with Crippen molar-refractivity contribution in [3.05, 3.63) is 44.5 Å². The third-order valence-corrected chi connectivity index (χ3v) is 2.88. The largest absolute Gasteiger partial charge is 0.328 e. The second-order valence-electron chi connectivity index (χ2n) is 4.66. The van der Waals surface area contributed by atoms with Crippen LogP contribution >= 0.6 is 0 Å². The van der Waals surface area contributed by atoms with Crippen LogP contribution < -0.4 is 11.2 Å². The minimum absolute atomic E-state index is 0.00516. The SMILES string of the molecule is CCn1cc(Cc2cn(C(C)C)c(=O)[nH]c2=O)nn1. The summed E-state index contributed by atoms with van der Waals surface area (Å²) < 4.78 is 3.20. The molecule has 0 radical (unpaired) electrons. The fourth-order valence-corrected chi connectivity index (χ4v) is 1.81. The predicted octanol–water partition coefficient (Wildman–Crippen LogP) is 0.320. The van der Waals surface area contributed by atoms with Gasteiger partial charge in [-0.2, -0.15) is 0 Å². The number of aromatic nitrogens is 5. The molecule has 0 spiro atoms. The molecule has 0 aliphatic heterocycles. The van der Waals surface area contributed by atoms with Crippen molar-refractivity contribution in [3.63, 3.8) is 0 Å². The Hall–Kier alpha value is -2.18. The van der Waals surface area contributed by atoms with Gasteiger partial charge in [0.15, 0.2) is 0 Å². The molecule has 0 bridgehead atoms. The molecular formula is C12H17N5O2. The zero-order valence-corrected chi connectivity index (χ0v) is 11.3. The molecule has 0 atom stereocenters. The van der Waals surface area contributed by atoms with Crippen LogP contribution in [-0.2, 0) is 13.0 Å². The Morgan fingerprint density at radius 2 is 2.05 bits per heavy atom. The van der Waals surface area contributed by atoms with Gasteiger partial charge in [0.1, 0.15) is 0 Å². The summed E-state index contributed by atoms with van der Waals surface area (Å²) in [7, 11) is 0. The van der Waals surface area contributed by atoms with E-state index in [9.17, 15) is 9.59 Å². The maximum Gasteiger partial charge on any atom is 0.328 e. The molecule has 7 nitrogen and oxygen atoms in total. The van der Waals surface area contributed by atoms with E-state index in [4.69, 9.17) is 0 Å². The van der Waals surface area contributed by atoms with E-state index in [-0.39, 0.29) is 17.3 Å². The van der Waals surface area contributed by atoms with E-state index in [0.29, 0.717) is 17.7 Å². The number of nitrogens with one attached hydrogen (secondary N) is 1. The molecule has 102 valence electrons. The van der Waals surface area contributed by atoms with Crippen LogP contribution in [-0.4, -0.2) is 24.5 Å². The lowest BCUT2D eigenvalue weighted by molar-refractivity contribution is 0.556. The molecule has 0 amide bonds.